The van der Waals surface area contributed by atoms with Gasteiger partial charge in [0, 0.05) is 6.92 Å². The van der Waals surface area contributed by atoms with E-state index in [-0.39, 0.29) is 12.2 Å². The molecule has 0 saturated heterocycles. The van der Waals surface area contributed by atoms with Crippen molar-refractivity contribution in [3.63, 3.8) is 0 Å². The molecular weight excluding hydrogens is 256 g/mol. The molecule has 5 nitrogen and oxygen atoms in total. The summed E-state index contributed by atoms with van der Waals surface area (Å²) in [6, 6.07) is 9.60. The van der Waals surface area contributed by atoms with E-state index in [4.69, 9.17) is 4.74 Å². The highest BCUT2D eigenvalue weighted by molar-refractivity contribution is 5.65. The number of carbonyl (C=O) groups excluding carboxylic acids is 1. The second-order valence-electron chi connectivity index (χ2n) is 4.53. The number of aryl methyl sites for hydroxylation is 1. The highest BCUT2D eigenvalue weighted by atomic mass is 16.5. The van der Waals surface area contributed by atoms with Gasteiger partial charge in [0.2, 0.25) is 0 Å². The van der Waals surface area contributed by atoms with Crippen molar-refractivity contribution in [2.45, 2.75) is 27.0 Å². The summed E-state index contributed by atoms with van der Waals surface area (Å²) in [6.07, 6.45) is 1.61. The predicted molar refractivity (Wildman–Crippen MR) is 74.2 cm³/mol. The van der Waals surface area contributed by atoms with Crippen LogP contribution in [0.25, 0.3) is 0 Å². The fraction of sp³-hybridized carbons (Fsp3) is 0.267. The summed E-state index contributed by atoms with van der Waals surface area (Å²) in [5.74, 6) is -0.407. The topological polar surface area (TPSA) is 61.2 Å². The Morgan fingerprint density at radius 3 is 2.65 bits per heavy atom. The van der Waals surface area contributed by atoms with Crippen LogP contribution in [0.1, 0.15) is 23.6 Å². The molecule has 1 aromatic heterocycles. The molecule has 2 rings (SSSR count). The normalized spacial score (nSPS) is 10.3. The number of nitrogens with zero attached hydrogens (tertiary/aromatic N) is 2. The van der Waals surface area contributed by atoms with Gasteiger partial charge in [-0.05, 0) is 18.1 Å². The van der Waals surface area contributed by atoms with Crippen LogP contribution in [-0.4, -0.2) is 15.7 Å². The van der Waals surface area contributed by atoms with Crippen molar-refractivity contribution >= 4 is 5.97 Å². The van der Waals surface area contributed by atoms with Gasteiger partial charge in [0.15, 0.2) is 0 Å². The first-order chi connectivity index (χ1) is 9.58. The standard InChI is InChI=1S/C15H16N2O3/c1-11-8-16-17(9-13-6-4-3-5-7-13)15(19)14(11)10-20-12(2)18/h3-8H,9-10H2,1-2H3. The van der Waals surface area contributed by atoms with Crippen LogP contribution in [0.5, 0.6) is 0 Å². The van der Waals surface area contributed by atoms with Crippen LogP contribution < -0.4 is 5.56 Å². The number of carbonyl (C=O) groups is 1. The van der Waals surface area contributed by atoms with Crippen molar-refractivity contribution in [3.05, 3.63) is 63.6 Å². The summed E-state index contributed by atoms with van der Waals surface area (Å²) < 4.78 is 6.29. The van der Waals surface area contributed by atoms with Gasteiger partial charge in [0.1, 0.15) is 6.61 Å². The molecule has 0 N–H and O–H groups in total. The number of benzene rings is 1. The van der Waals surface area contributed by atoms with Gasteiger partial charge in [-0.25, -0.2) is 4.68 Å². The average Bonchev–Trinajstić information content (AvgIpc) is 2.43. The van der Waals surface area contributed by atoms with Crippen molar-refractivity contribution < 1.29 is 9.53 Å². The third-order valence-corrected chi connectivity index (χ3v) is 2.95. The second-order valence-corrected chi connectivity index (χ2v) is 4.53. The van der Waals surface area contributed by atoms with Crippen LogP contribution in [0.2, 0.25) is 0 Å². The van der Waals surface area contributed by atoms with Crippen LogP contribution in [0.15, 0.2) is 41.3 Å². The predicted octanol–water partition coefficient (Wildman–Crippen LogP) is 1.66. The first-order valence-electron chi connectivity index (χ1n) is 6.31. The van der Waals surface area contributed by atoms with Crippen LogP contribution in [0.4, 0.5) is 0 Å². The summed E-state index contributed by atoms with van der Waals surface area (Å²) in [5, 5.41) is 4.12. The van der Waals surface area contributed by atoms with Gasteiger partial charge < -0.3 is 4.74 Å². The molecule has 0 bridgehead atoms. The van der Waals surface area contributed by atoms with Gasteiger partial charge in [-0.1, -0.05) is 30.3 Å². The Morgan fingerprint density at radius 1 is 1.30 bits per heavy atom. The van der Waals surface area contributed by atoms with Crippen LogP contribution in [0.3, 0.4) is 0 Å². The van der Waals surface area contributed by atoms with E-state index in [9.17, 15) is 9.59 Å². The molecule has 0 spiro atoms. The third-order valence-electron chi connectivity index (χ3n) is 2.95. The minimum Gasteiger partial charge on any atom is -0.461 e. The number of aromatic nitrogens is 2. The van der Waals surface area contributed by atoms with E-state index < -0.39 is 5.97 Å². The maximum atomic E-state index is 12.3. The smallest absolute Gasteiger partial charge is 0.302 e. The molecule has 0 aliphatic carbocycles. The fourth-order valence-electron chi connectivity index (χ4n) is 1.83. The van der Waals surface area contributed by atoms with E-state index in [2.05, 4.69) is 5.10 Å². The summed E-state index contributed by atoms with van der Waals surface area (Å²) in [4.78, 5) is 23.2. The molecule has 0 aliphatic rings. The molecule has 0 saturated carbocycles. The Balaban J connectivity index is 2.29. The van der Waals surface area contributed by atoms with E-state index in [1.807, 2.05) is 30.3 Å². The minimum absolute atomic E-state index is 0.0166. The maximum absolute atomic E-state index is 12.3. The van der Waals surface area contributed by atoms with Crippen molar-refractivity contribution in [2.75, 3.05) is 0 Å². The monoisotopic (exact) mass is 272 g/mol. The molecule has 0 atom stereocenters. The van der Waals surface area contributed by atoms with E-state index in [0.29, 0.717) is 12.1 Å². The lowest BCUT2D eigenvalue weighted by molar-refractivity contribution is -0.142. The van der Waals surface area contributed by atoms with Gasteiger partial charge in [0.05, 0.1) is 18.3 Å². The van der Waals surface area contributed by atoms with E-state index in [1.54, 1.807) is 13.1 Å². The highest BCUT2D eigenvalue weighted by Crippen LogP contribution is 2.04. The summed E-state index contributed by atoms with van der Waals surface area (Å²) >= 11 is 0. The number of rotatable bonds is 4. The van der Waals surface area contributed by atoms with Crippen molar-refractivity contribution in [1.82, 2.24) is 9.78 Å². The largest absolute Gasteiger partial charge is 0.461 e. The molecule has 20 heavy (non-hydrogen) atoms. The Labute approximate surface area is 116 Å². The zero-order valence-corrected chi connectivity index (χ0v) is 11.5. The Hall–Kier alpha value is -2.43. The zero-order chi connectivity index (χ0) is 14.5. The van der Waals surface area contributed by atoms with Gasteiger partial charge in [-0.2, -0.15) is 5.10 Å². The summed E-state index contributed by atoms with van der Waals surface area (Å²) in [7, 11) is 0. The molecule has 0 unspecified atom stereocenters. The molecule has 5 heteroatoms. The molecule has 0 radical (unpaired) electrons. The lowest BCUT2D eigenvalue weighted by atomic mass is 10.2. The Bertz CT molecular complexity index is 663. The van der Waals surface area contributed by atoms with Crippen molar-refractivity contribution in [3.8, 4) is 0 Å². The summed E-state index contributed by atoms with van der Waals surface area (Å²) in [6.45, 7) is 3.48. The Morgan fingerprint density at radius 2 is 2.00 bits per heavy atom. The minimum atomic E-state index is -0.407. The lowest BCUT2D eigenvalue weighted by Gasteiger charge is -2.09. The molecule has 1 aromatic carbocycles. The zero-order valence-electron chi connectivity index (χ0n) is 11.5. The molecule has 0 amide bonds. The number of esters is 1. The highest BCUT2D eigenvalue weighted by Gasteiger charge is 2.10. The van der Waals surface area contributed by atoms with Crippen molar-refractivity contribution in [1.29, 1.82) is 0 Å². The molecule has 2 aromatic rings. The second kappa shape index (κ2) is 6.14. The first-order valence-corrected chi connectivity index (χ1v) is 6.31. The quantitative estimate of drug-likeness (QED) is 0.794. The van der Waals surface area contributed by atoms with Crippen LogP contribution >= 0.6 is 0 Å². The van der Waals surface area contributed by atoms with Crippen molar-refractivity contribution in [2.24, 2.45) is 0 Å². The maximum Gasteiger partial charge on any atom is 0.302 e. The number of ether oxygens (including phenoxy) is 1. The number of hydrogen-bond donors (Lipinski definition) is 0. The molecule has 0 aliphatic heterocycles. The fourth-order valence-corrected chi connectivity index (χ4v) is 1.83. The first kappa shape index (κ1) is 14.0. The van der Waals surface area contributed by atoms with E-state index >= 15 is 0 Å². The van der Waals surface area contributed by atoms with Gasteiger partial charge in [0.25, 0.3) is 5.56 Å². The SMILES string of the molecule is CC(=O)OCc1c(C)cnn(Cc2ccccc2)c1=O. The number of hydrogen-bond acceptors (Lipinski definition) is 4. The van der Waals surface area contributed by atoms with Crippen LogP contribution in [0, 0.1) is 6.92 Å². The average molecular weight is 272 g/mol. The third kappa shape index (κ3) is 3.32. The Kier molecular flexibility index (Phi) is 4.30. The van der Waals surface area contributed by atoms with Gasteiger partial charge >= 0.3 is 5.97 Å². The van der Waals surface area contributed by atoms with E-state index in [0.717, 1.165) is 11.1 Å². The van der Waals surface area contributed by atoms with E-state index in [1.165, 1.54) is 11.6 Å². The molecule has 1 heterocycles. The molecule has 0 fully saturated rings. The van der Waals surface area contributed by atoms with Gasteiger partial charge in [-0.15, -0.1) is 0 Å². The van der Waals surface area contributed by atoms with Gasteiger partial charge in [-0.3, -0.25) is 9.59 Å². The molecular formula is C15H16N2O3. The lowest BCUT2D eigenvalue weighted by Crippen LogP contribution is -2.28. The summed E-state index contributed by atoms with van der Waals surface area (Å²) in [5.41, 5.74) is 1.95. The van der Waals surface area contributed by atoms with Crippen LogP contribution in [-0.2, 0) is 22.7 Å². The molecule has 104 valence electrons.